The van der Waals surface area contributed by atoms with Crippen LogP contribution in [0.15, 0.2) is 17.1 Å². The molecule has 0 radical (unpaired) electrons. The molecule has 2 saturated heterocycles. The average molecular weight is 477 g/mol. The zero-order chi connectivity index (χ0) is 17.8. The summed E-state index contributed by atoms with van der Waals surface area (Å²) in [4.78, 5) is 4.32. The van der Waals surface area contributed by atoms with Crippen molar-refractivity contribution >= 4 is 29.9 Å². The number of hydrogen-bond donors (Lipinski definition) is 2. The van der Waals surface area contributed by atoms with Crippen LogP contribution in [0, 0.1) is 0 Å². The van der Waals surface area contributed by atoms with Crippen LogP contribution in [-0.4, -0.2) is 52.6 Å². The number of nitrogens with zero attached hydrogens (tertiary/aromatic N) is 1. The average Bonchev–Trinajstić information content (AvgIpc) is 3.27. The minimum atomic E-state index is 0. The van der Waals surface area contributed by atoms with Gasteiger partial charge in [-0.1, -0.05) is 0 Å². The molecule has 1 aromatic carbocycles. The Kier molecular flexibility index (Phi) is 7.63. The first-order valence-electron chi connectivity index (χ1n) is 8.60. The first-order valence-corrected chi connectivity index (χ1v) is 8.60. The number of halogens is 1. The Morgan fingerprint density at radius 1 is 1.15 bits per heavy atom. The molecular weight excluding hydrogens is 449 g/mol. The summed E-state index contributed by atoms with van der Waals surface area (Å²) in [5.74, 6) is 2.66. The number of hydrogen-bond acceptors (Lipinski definition) is 5. The molecule has 2 aliphatic rings. The molecule has 2 N–H and O–H groups in total. The second-order valence-electron chi connectivity index (χ2n) is 6.28. The van der Waals surface area contributed by atoms with Gasteiger partial charge in [-0.15, -0.1) is 24.0 Å². The van der Waals surface area contributed by atoms with E-state index in [0.29, 0.717) is 42.0 Å². The maximum absolute atomic E-state index is 5.89. The van der Waals surface area contributed by atoms with E-state index in [1.54, 1.807) is 28.4 Å². The van der Waals surface area contributed by atoms with Crippen molar-refractivity contribution in [1.82, 2.24) is 10.6 Å². The minimum absolute atomic E-state index is 0. The van der Waals surface area contributed by atoms with Crippen molar-refractivity contribution < 1.29 is 18.9 Å². The monoisotopic (exact) mass is 477 g/mol. The van der Waals surface area contributed by atoms with Crippen LogP contribution in [0.4, 0.5) is 0 Å². The largest absolute Gasteiger partial charge is 0.493 e. The maximum atomic E-state index is 5.89. The smallest absolute Gasteiger partial charge is 0.203 e. The molecule has 146 valence electrons. The molecule has 3 rings (SSSR count). The van der Waals surface area contributed by atoms with Crippen LogP contribution in [0.25, 0.3) is 0 Å². The second-order valence-corrected chi connectivity index (χ2v) is 6.28. The van der Waals surface area contributed by atoms with Gasteiger partial charge in [-0.3, -0.25) is 4.99 Å². The first kappa shape index (κ1) is 20.9. The Bertz CT molecular complexity index is 641. The van der Waals surface area contributed by atoms with E-state index in [2.05, 4.69) is 15.6 Å². The van der Waals surface area contributed by atoms with Gasteiger partial charge in [0.1, 0.15) is 0 Å². The fourth-order valence-corrected chi connectivity index (χ4v) is 3.64. The number of rotatable bonds is 6. The van der Waals surface area contributed by atoms with Crippen LogP contribution in [0.3, 0.4) is 0 Å². The molecule has 0 amide bonds. The van der Waals surface area contributed by atoms with Crippen LogP contribution in [-0.2, 0) is 11.3 Å². The number of fused-ring (bicyclic) bond motifs is 2. The Hall–Kier alpha value is -1.42. The van der Waals surface area contributed by atoms with E-state index in [1.807, 2.05) is 12.1 Å². The topological polar surface area (TPSA) is 73.3 Å². The van der Waals surface area contributed by atoms with Crippen molar-refractivity contribution in [1.29, 1.82) is 0 Å². The highest BCUT2D eigenvalue weighted by Gasteiger charge is 2.41. The molecule has 26 heavy (non-hydrogen) atoms. The summed E-state index contributed by atoms with van der Waals surface area (Å²) in [5, 5.41) is 6.82. The maximum Gasteiger partial charge on any atom is 0.203 e. The number of benzene rings is 1. The zero-order valence-electron chi connectivity index (χ0n) is 15.7. The third kappa shape index (κ3) is 4.28. The van der Waals surface area contributed by atoms with E-state index >= 15 is 0 Å². The normalized spacial score (nSPS) is 24.0. The SMILES string of the molecule is CN=C(NCc1ccc(OC)c(OC)c1OC)NC1CC2CCC1O2.I. The summed E-state index contributed by atoms with van der Waals surface area (Å²) < 4.78 is 22.2. The number of aliphatic imine (C=N–C) groups is 1. The molecule has 8 heteroatoms. The molecule has 2 heterocycles. The van der Waals surface area contributed by atoms with Gasteiger partial charge < -0.3 is 29.6 Å². The zero-order valence-corrected chi connectivity index (χ0v) is 18.0. The number of guanidine groups is 1. The van der Waals surface area contributed by atoms with E-state index < -0.39 is 0 Å². The van der Waals surface area contributed by atoms with Crippen LogP contribution in [0.2, 0.25) is 0 Å². The molecule has 3 unspecified atom stereocenters. The van der Waals surface area contributed by atoms with Gasteiger partial charge in [0.05, 0.1) is 39.6 Å². The molecule has 0 saturated carbocycles. The number of methoxy groups -OCH3 is 3. The highest BCUT2D eigenvalue weighted by molar-refractivity contribution is 14.0. The van der Waals surface area contributed by atoms with Crippen molar-refractivity contribution in [3.8, 4) is 17.2 Å². The third-order valence-electron chi connectivity index (χ3n) is 4.88. The molecule has 0 spiro atoms. The summed E-state index contributed by atoms with van der Waals surface area (Å²) in [5.41, 5.74) is 0.965. The molecular formula is C18H28IN3O4. The molecule has 3 atom stereocenters. The first-order chi connectivity index (χ1) is 12.2. The van der Waals surface area contributed by atoms with Crippen molar-refractivity contribution in [3.63, 3.8) is 0 Å². The lowest BCUT2D eigenvalue weighted by Gasteiger charge is -2.23. The lowest BCUT2D eigenvalue weighted by atomic mass is 9.96. The number of nitrogens with one attached hydrogen (secondary N) is 2. The van der Waals surface area contributed by atoms with Crippen molar-refractivity contribution in [3.05, 3.63) is 17.7 Å². The van der Waals surface area contributed by atoms with Crippen molar-refractivity contribution in [2.75, 3.05) is 28.4 Å². The molecule has 0 aliphatic carbocycles. The Morgan fingerprint density at radius 2 is 1.92 bits per heavy atom. The van der Waals surface area contributed by atoms with Gasteiger partial charge in [0.25, 0.3) is 0 Å². The molecule has 7 nitrogen and oxygen atoms in total. The lowest BCUT2D eigenvalue weighted by molar-refractivity contribution is 0.0992. The predicted molar refractivity (Wildman–Crippen MR) is 111 cm³/mol. The Balaban J connectivity index is 0.00000243. The molecule has 2 fully saturated rings. The van der Waals surface area contributed by atoms with Crippen LogP contribution >= 0.6 is 24.0 Å². The minimum Gasteiger partial charge on any atom is -0.493 e. The van der Waals surface area contributed by atoms with E-state index in [0.717, 1.165) is 24.4 Å². The number of ether oxygens (including phenoxy) is 4. The van der Waals surface area contributed by atoms with Gasteiger partial charge in [-0.05, 0) is 31.4 Å². The van der Waals surface area contributed by atoms with E-state index in [1.165, 1.54) is 6.42 Å². The second kappa shape index (κ2) is 9.50. The Labute approximate surface area is 171 Å². The van der Waals surface area contributed by atoms with Gasteiger partial charge in [-0.2, -0.15) is 0 Å². The standard InChI is InChI=1S/C18H27N3O4.HI/c1-19-18(21-13-9-12-6-8-14(13)25-12)20-10-11-5-7-15(22-2)17(24-4)16(11)23-3;/h5,7,12-14H,6,8-10H2,1-4H3,(H2,19,20,21);1H. The fraction of sp³-hybridized carbons (Fsp3) is 0.611. The quantitative estimate of drug-likeness (QED) is 0.372. The molecule has 1 aromatic rings. The van der Waals surface area contributed by atoms with Crippen LogP contribution in [0.1, 0.15) is 24.8 Å². The highest BCUT2D eigenvalue weighted by Crippen LogP contribution is 2.39. The molecule has 0 aromatic heterocycles. The fourth-order valence-electron chi connectivity index (χ4n) is 3.64. The third-order valence-corrected chi connectivity index (χ3v) is 4.88. The summed E-state index contributed by atoms with van der Waals surface area (Å²) in [6, 6.07) is 4.16. The van der Waals surface area contributed by atoms with E-state index in [9.17, 15) is 0 Å². The summed E-state index contributed by atoms with van der Waals surface area (Å²) in [6.07, 6.45) is 4.07. The van der Waals surface area contributed by atoms with Gasteiger partial charge >= 0.3 is 0 Å². The lowest BCUT2D eigenvalue weighted by Crippen LogP contribution is -2.47. The van der Waals surface area contributed by atoms with Crippen molar-refractivity contribution in [2.45, 2.75) is 44.1 Å². The van der Waals surface area contributed by atoms with Gasteiger partial charge in [0, 0.05) is 19.2 Å². The van der Waals surface area contributed by atoms with Crippen LogP contribution in [0.5, 0.6) is 17.2 Å². The summed E-state index contributed by atoms with van der Waals surface area (Å²) in [6.45, 7) is 0.560. The Morgan fingerprint density at radius 3 is 2.46 bits per heavy atom. The molecule has 2 bridgehead atoms. The molecule has 2 aliphatic heterocycles. The van der Waals surface area contributed by atoms with Gasteiger partial charge in [0.15, 0.2) is 17.5 Å². The van der Waals surface area contributed by atoms with E-state index in [-0.39, 0.29) is 24.0 Å². The van der Waals surface area contributed by atoms with Crippen molar-refractivity contribution in [2.24, 2.45) is 4.99 Å². The predicted octanol–water partition coefficient (Wildman–Crippen LogP) is 2.32. The van der Waals surface area contributed by atoms with Gasteiger partial charge in [-0.25, -0.2) is 0 Å². The summed E-state index contributed by atoms with van der Waals surface area (Å²) in [7, 11) is 6.61. The van der Waals surface area contributed by atoms with E-state index in [4.69, 9.17) is 18.9 Å². The summed E-state index contributed by atoms with van der Waals surface area (Å²) >= 11 is 0. The van der Waals surface area contributed by atoms with Gasteiger partial charge in [0.2, 0.25) is 5.75 Å². The van der Waals surface area contributed by atoms with Crippen LogP contribution < -0.4 is 24.8 Å². The highest BCUT2D eigenvalue weighted by atomic mass is 127.